The van der Waals surface area contributed by atoms with Crippen LogP contribution in [0.15, 0.2) is 21.6 Å². The highest BCUT2D eigenvalue weighted by Crippen LogP contribution is 2.18. The van der Waals surface area contributed by atoms with Gasteiger partial charge in [0.2, 0.25) is 0 Å². The lowest BCUT2D eigenvalue weighted by Gasteiger charge is -1.79. The lowest BCUT2D eigenvalue weighted by atomic mass is 10.5. The maximum atomic E-state index is 10.0. The van der Waals surface area contributed by atoms with E-state index in [0.717, 1.165) is 11.8 Å². The van der Waals surface area contributed by atoms with Crippen LogP contribution in [-0.4, -0.2) is 6.29 Å². The first kappa shape index (κ1) is 6.90. The second-order valence-corrected chi connectivity index (χ2v) is 2.26. The van der Waals surface area contributed by atoms with Crippen molar-refractivity contribution >= 4 is 18.0 Å². The number of thioether (sulfide) groups is 1. The summed E-state index contributed by atoms with van der Waals surface area (Å²) < 4.78 is 4.85. The minimum Gasteiger partial charge on any atom is -0.446 e. The van der Waals surface area contributed by atoms with Gasteiger partial charge < -0.3 is 4.42 Å². The molecule has 0 spiro atoms. The Morgan fingerprint density at radius 2 is 2.50 bits per heavy atom. The summed E-state index contributed by atoms with van der Waals surface area (Å²) in [6.07, 6.45) is 0.599. The van der Waals surface area contributed by atoms with Gasteiger partial charge in [0.15, 0.2) is 17.1 Å². The predicted octanol–water partition coefficient (Wildman–Crippen LogP) is 1.67. The van der Waals surface area contributed by atoms with Gasteiger partial charge in [0.1, 0.15) is 5.40 Å². The fourth-order valence-electron chi connectivity index (χ4n) is 0.498. The van der Waals surface area contributed by atoms with Crippen molar-refractivity contribution in [2.45, 2.75) is 5.09 Å². The standard InChI is InChI=1S/C6H3NO2S/c7-4-10-6-2-1-5(3-8)9-6/h1-3H. The second kappa shape index (κ2) is 3.08. The summed E-state index contributed by atoms with van der Waals surface area (Å²) in [5.74, 6) is 0.248. The fourth-order valence-corrected chi connectivity index (χ4v) is 0.861. The Morgan fingerprint density at radius 1 is 1.70 bits per heavy atom. The van der Waals surface area contributed by atoms with Crippen LogP contribution in [0.3, 0.4) is 0 Å². The number of nitrogens with zero attached hydrogens (tertiary/aromatic N) is 1. The highest BCUT2D eigenvalue weighted by Gasteiger charge is 1.98. The normalized spacial score (nSPS) is 8.70. The number of furan rings is 1. The molecule has 1 rings (SSSR count). The van der Waals surface area contributed by atoms with Gasteiger partial charge in [-0.05, 0) is 12.1 Å². The van der Waals surface area contributed by atoms with Crippen LogP contribution in [-0.2, 0) is 0 Å². The van der Waals surface area contributed by atoms with Gasteiger partial charge in [-0.25, -0.2) is 0 Å². The number of nitriles is 1. The lowest BCUT2D eigenvalue weighted by molar-refractivity contribution is 0.109. The van der Waals surface area contributed by atoms with Gasteiger partial charge in [0.25, 0.3) is 0 Å². The highest BCUT2D eigenvalue weighted by molar-refractivity contribution is 8.03. The topological polar surface area (TPSA) is 54.0 Å². The number of carbonyl (C=O) groups excluding carboxylic acids is 1. The van der Waals surface area contributed by atoms with Crippen LogP contribution in [0.2, 0.25) is 0 Å². The molecule has 0 aromatic carbocycles. The van der Waals surface area contributed by atoms with Gasteiger partial charge >= 0.3 is 0 Å². The molecule has 0 fully saturated rings. The van der Waals surface area contributed by atoms with Crippen LogP contribution in [0.1, 0.15) is 10.6 Å². The molecule has 0 aliphatic carbocycles. The van der Waals surface area contributed by atoms with E-state index in [-0.39, 0.29) is 5.76 Å². The summed E-state index contributed by atoms with van der Waals surface area (Å²) in [7, 11) is 0. The third-order valence-corrected chi connectivity index (χ3v) is 1.38. The maximum absolute atomic E-state index is 10.0. The van der Waals surface area contributed by atoms with E-state index >= 15 is 0 Å². The zero-order valence-corrected chi connectivity index (χ0v) is 5.72. The molecule has 10 heavy (non-hydrogen) atoms. The first-order chi connectivity index (χ1) is 4.86. The van der Waals surface area contributed by atoms with E-state index < -0.39 is 0 Å². The van der Waals surface area contributed by atoms with Crippen LogP contribution in [0.5, 0.6) is 0 Å². The Hall–Kier alpha value is -1.21. The molecule has 4 heteroatoms. The smallest absolute Gasteiger partial charge is 0.185 e. The van der Waals surface area contributed by atoms with Gasteiger partial charge in [0, 0.05) is 11.8 Å². The Morgan fingerprint density at radius 3 is 3.00 bits per heavy atom. The first-order valence-corrected chi connectivity index (χ1v) is 3.29. The number of thiocyanates is 1. The Bertz CT molecular complexity index is 274. The summed E-state index contributed by atoms with van der Waals surface area (Å²) in [5.41, 5.74) is 0. The summed E-state index contributed by atoms with van der Waals surface area (Å²) in [4.78, 5) is 10.0. The fraction of sp³-hybridized carbons (Fsp3) is 0. The number of rotatable bonds is 2. The summed E-state index contributed by atoms with van der Waals surface area (Å²) in [5, 5.41) is 10.4. The number of carbonyl (C=O) groups is 1. The zero-order valence-electron chi connectivity index (χ0n) is 4.90. The summed E-state index contributed by atoms with van der Waals surface area (Å²) >= 11 is 0.891. The van der Waals surface area contributed by atoms with Crippen molar-refractivity contribution in [2.24, 2.45) is 0 Å². The molecule has 0 saturated carbocycles. The van der Waals surface area contributed by atoms with Crippen LogP contribution in [0.25, 0.3) is 0 Å². The molecule has 1 heterocycles. The Balaban J connectivity index is 2.80. The molecular weight excluding hydrogens is 150 g/mol. The van der Waals surface area contributed by atoms with E-state index in [1.54, 1.807) is 6.07 Å². The van der Waals surface area contributed by atoms with Gasteiger partial charge in [-0.3, -0.25) is 4.79 Å². The maximum Gasteiger partial charge on any atom is 0.185 e. The van der Waals surface area contributed by atoms with Gasteiger partial charge in [-0.15, -0.1) is 0 Å². The van der Waals surface area contributed by atoms with Crippen LogP contribution in [0.4, 0.5) is 0 Å². The molecule has 0 aliphatic heterocycles. The third kappa shape index (κ3) is 1.39. The monoisotopic (exact) mass is 153 g/mol. The predicted molar refractivity (Wildman–Crippen MR) is 35.6 cm³/mol. The van der Waals surface area contributed by atoms with E-state index in [1.165, 1.54) is 6.07 Å². The average Bonchev–Trinajstić information content (AvgIpc) is 2.37. The number of aldehydes is 1. The molecule has 0 bridgehead atoms. The van der Waals surface area contributed by atoms with Crippen LogP contribution >= 0.6 is 11.8 Å². The first-order valence-electron chi connectivity index (χ1n) is 2.48. The SMILES string of the molecule is N#CSc1ccc(C=O)o1. The minimum atomic E-state index is 0.248. The minimum absolute atomic E-state index is 0.248. The third-order valence-electron chi connectivity index (χ3n) is 0.865. The molecule has 1 aromatic rings. The van der Waals surface area contributed by atoms with Crippen molar-refractivity contribution in [3.8, 4) is 5.40 Å². The molecular formula is C6H3NO2S. The number of hydrogen-bond donors (Lipinski definition) is 0. The van der Waals surface area contributed by atoms with E-state index in [1.807, 2.05) is 5.40 Å². The van der Waals surface area contributed by atoms with Crippen molar-refractivity contribution in [3.63, 3.8) is 0 Å². The molecule has 0 atom stereocenters. The molecule has 0 saturated heterocycles. The molecule has 3 nitrogen and oxygen atoms in total. The van der Waals surface area contributed by atoms with Crippen molar-refractivity contribution in [2.75, 3.05) is 0 Å². The molecule has 1 aromatic heterocycles. The molecule has 0 N–H and O–H groups in total. The second-order valence-electron chi connectivity index (χ2n) is 1.47. The molecule has 0 radical (unpaired) electrons. The van der Waals surface area contributed by atoms with Crippen molar-refractivity contribution in [1.29, 1.82) is 5.26 Å². The molecule has 0 aliphatic rings. The Kier molecular flexibility index (Phi) is 2.13. The van der Waals surface area contributed by atoms with E-state index in [0.29, 0.717) is 11.4 Å². The highest BCUT2D eigenvalue weighted by atomic mass is 32.2. The number of hydrogen-bond acceptors (Lipinski definition) is 4. The van der Waals surface area contributed by atoms with Crippen LogP contribution in [0, 0.1) is 10.7 Å². The van der Waals surface area contributed by atoms with Gasteiger partial charge in [0.05, 0.1) is 0 Å². The molecule has 0 amide bonds. The van der Waals surface area contributed by atoms with Gasteiger partial charge in [-0.1, -0.05) is 0 Å². The summed E-state index contributed by atoms with van der Waals surface area (Å²) in [6.45, 7) is 0. The molecule has 50 valence electrons. The quantitative estimate of drug-likeness (QED) is 0.368. The summed E-state index contributed by atoms with van der Waals surface area (Å²) in [6, 6.07) is 3.10. The zero-order chi connectivity index (χ0) is 7.40. The van der Waals surface area contributed by atoms with Crippen molar-refractivity contribution in [1.82, 2.24) is 0 Å². The van der Waals surface area contributed by atoms with Gasteiger partial charge in [-0.2, -0.15) is 5.26 Å². The lowest BCUT2D eigenvalue weighted by Crippen LogP contribution is -1.66. The van der Waals surface area contributed by atoms with E-state index in [9.17, 15) is 4.79 Å². The van der Waals surface area contributed by atoms with Crippen molar-refractivity contribution < 1.29 is 9.21 Å². The van der Waals surface area contributed by atoms with E-state index in [4.69, 9.17) is 9.68 Å². The largest absolute Gasteiger partial charge is 0.446 e. The molecule has 0 unspecified atom stereocenters. The van der Waals surface area contributed by atoms with Crippen LogP contribution < -0.4 is 0 Å². The Labute approximate surface area is 61.6 Å². The van der Waals surface area contributed by atoms with Crippen molar-refractivity contribution in [3.05, 3.63) is 17.9 Å². The average molecular weight is 153 g/mol. The van der Waals surface area contributed by atoms with E-state index in [2.05, 4.69) is 0 Å².